The zero-order chi connectivity index (χ0) is 7.41. The molecule has 1 aliphatic carbocycles. The third-order valence-corrected chi connectivity index (χ3v) is 3.05. The van der Waals surface area contributed by atoms with Crippen LogP contribution in [0.3, 0.4) is 0 Å². The molecule has 1 saturated heterocycles. The van der Waals surface area contributed by atoms with Gasteiger partial charge >= 0.3 is 7.12 Å². The van der Waals surface area contributed by atoms with Gasteiger partial charge in [0.15, 0.2) is 0 Å². The Morgan fingerprint density at radius 1 is 1.10 bits per heavy atom. The van der Waals surface area contributed by atoms with Gasteiger partial charge in [0.2, 0.25) is 0 Å². The minimum absolute atomic E-state index is 0.00231. The Morgan fingerprint density at radius 2 is 1.50 bits per heavy atom. The third kappa shape index (κ3) is 0.577. The predicted molar refractivity (Wildman–Crippen MR) is 39.8 cm³/mol. The highest BCUT2D eigenvalue weighted by Gasteiger charge is 2.61. The molecule has 56 valence electrons. The smallest absolute Gasteiger partial charge is 0.403 e. The van der Waals surface area contributed by atoms with Crippen LogP contribution >= 0.6 is 0 Å². The topological polar surface area (TPSA) is 18.5 Å². The Balaban J connectivity index is 2.23. The second-order valence-corrected chi connectivity index (χ2v) is 3.77. The first-order valence-electron chi connectivity index (χ1n) is 3.91. The van der Waals surface area contributed by atoms with E-state index < -0.39 is 0 Å². The molecule has 0 radical (unpaired) electrons. The summed E-state index contributed by atoms with van der Waals surface area (Å²) in [5.74, 6) is 0. The fourth-order valence-corrected chi connectivity index (χ4v) is 1.95. The van der Waals surface area contributed by atoms with Crippen LogP contribution in [0.25, 0.3) is 0 Å². The Kier molecular flexibility index (Phi) is 1.06. The maximum absolute atomic E-state index is 5.63. The Bertz CT molecular complexity index is 155. The van der Waals surface area contributed by atoms with Crippen LogP contribution < -0.4 is 0 Å². The van der Waals surface area contributed by atoms with E-state index in [9.17, 15) is 0 Å². The minimum Gasteiger partial charge on any atom is -0.403 e. The summed E-state index contributed by atoms with van der Waals surface area (Å²) in [5.41, 5.74) is 0.0405. The number of hydrogen-bond donors (Lipinski definition) is 0. The zero-order valence-electron chi connectivity index (χ0n) is 6.81. The summed E-state index contributed by atoms with van der Waals surface area (Å²) in [7, 11) is -0.00231. The molecule has 2 aliphatic rings. The second kappa shape index (κ2) is 1.59. The third-order valence-electron chi connectivity index (χ3n) is 3.05. The molecule has 0 aromatic heterocycles. The van der Waals surface area contributed by atoms with E-state index in [-0.39, 0.29) is 18.3 Å². The Morgan fingerprint density at radius 3 is 1.70 bits per heavy atom. The normalized spacial score (nSPS) is 52.5. The van der Waals surface area contributed by atoms with E-state index in [2.05, 4.69) is 13.8 Å². The molecule has 0 aromatic carbocycles. The van der Waals surface area contributed by atoms with E-state index in [1.54, 1.807) is 0 Å². The van der Waals surface area contributed by atoms with Gasteiger partial charge in [-0.25, -0.2) is 0 Å². The zero-order valence-corrected chi connectivity index (χ0v) is 6.81. The summed E-state index contributed by atoms with van der Waals surface area (Å²) >= 11 is 0. The molecular formula is C7H13BO2. The van der Waals surface area contributed by atoms with Gasteiger partial charge in [-0.3, -0.25) is 0 Å². The monoisotopic (exact) mass is 140 g/mol. The van der Waals surface area contributed by atoms with Gasteiger partial charge in [-0.05, 0) is 33.5 Å². The van der Waals surface area contributed by atoms with E-state index in [0.29, 0.717) is 0 Å². The molecule has 2 nitrogen and oxygen atoms in total. The summed E-state index contributed by atoms with van der Waals surface area (Å²) in [4.78, 5) is 0. The lowest BCUT2D eigenvalue weighted by molar-refractivity contribution is -0.108. The molecule has 0 spiro atoms. The minimum atomic E-state index is -0.00231. The molecule has 2 unspecified atom stereocenters. The van der Waals surface area contributed by atoms with Gasteiger partial charge in [0.25, 0.3) is 0 Å². The van der Waals surface area contributed by atoms with Crippen molar-refractivity contribution in [3.05, 3.63) is 0 Å². The highest BCUT2D eigenvalue weighted by Crippen LogP contribution is 2.52. The molecule has 2 fully saturated rings. The van der Waals surface area contributed by atoms with Crippen LogP contribution in [0.4, 0.5) is 0 Å². The van der Waals surface area contributed by atoms with Crippen molar-refractivity contribution in [1.29, 1.82) is 0 Å². The van der Waals surface area contributed by atoms with Gasteiger partial charge in [0, 0.05) is 0 Å². The highest BCUT2D eigenvalue weighted by atomic mass is 16.7. The Hall–Kier alpha value is -0.0151. The van der Waals surface area contributed by atoms with Crippen molar-refractivity contribution in [1.82, 2.24) is 0 Å². The first kappa shape index (κ1) is 6.68. The highest BCUT2D eigenvalue weighted by molar-refractivity contribution is 6.43. The van der Waals surface area contributed by atoms with Crippen molar-refractivity contribution in [3.63, 3.8) is 0 Å². The largest absolute Gasteiger partial charge is 0.454 e. The molecule has 0 N–H and O–H groups in total. The van der Waals surface area contributed by atoms with Crippen molar-refractivity contribution in [3.8, 4) is 0 Å². The van der Waals surface area contributed by atoms with E-state index in [0.717, 1.165) is 12.8 Å². The standard InChI is InChI=1S/C7H13BO2/c1-6-4-5-7(6,2)10-8(3)9-6/h4-5H2,1-3H3. The van der Waals surface area contributed by atoms with Crippen LogP contribution in [0.15, 0.2) is 0 Å². The van der Waals surface area contributed by atoms with Crippen molar-refractivity contribution in [2.75, 3.05) is 0 Å². The van der Waals surface area contributed by atoms with Crippen LogP contribution in [0.1, 0.15) is 26.7 Å². The number of fused-ring (bicyclic) bond motifs is 1. The summed E-state index contributed by atoms with van der Waals surface area (Å²) < 4.78 is 11.3. The van der Waals surface area contributed by atoms with Crippen LogP contribution in [0.5, 0.6) is 0 Å². The molecule has 0 bridgehead atoms. The van der Waals surface area contributed by atoms with Crippen LogP contribution in [-0.2, 0) is 9.31 Å². The van der Waals surface area contributed by atoms with Crippen LogP contribution in [0.2, 0.25) is 6.82 Å². The molecule has 2 atom stereocenters. The van der Waals surface area contributed by atoms with Crippen molar-refractivity contribution in [2.45, 2.75) is 44.7 Å². The van der Waals surface area contributed by atoms with Crippen LogP contribution in [0, 0.1) is 0 Å². The van der Waals surface area contributed by atoms with Crippen molar-refractivity contribution >= 4 is 7.12 Å². The van der Waals surface area contributed by atoms with Gasteiger partial charge in [-0.1, -0.05) is 0 Å². The molecule has 0 aromatic rings. The summed E-state index contributed by atoms with van der Waals surface area (Å²) in [6, 6.07) is 0. The molecule has 3 heteroatoms. The molecule has 0 amide bonds. The molecule has 1 saturated carbocycles. The van der Waals surface area contributed by atoms with Crippen molar-refractivity contribution < 1.29 is 9.31 Å². The summed E-state index contributed by atoms with van der Waals surface area (Å²) in [6.07, 6.45) is 2.29. The predicted octanol–water partition coefficient (Wildman–Crippen LogP) is 1.46. The SMILES string of the molecule is CB1OC2(C)CCC2(C)O1. The van der Waals surface area contributed by atoms with Crippen molar-refractivity contribution in [2.24, 2.45) is 0 Å². The fourth-order valence-electron chi connectivity index (χ4n) is 1.95. The van der Waals surface area contributed by atoms with Crippen LogP contribution in [-0.4, -0.2) is 18.3 Å². The fraction of sp³-hybridized carbons (Fsp3) is 1.00. The lowest BCUT2D eigenvalue weighted by atomic mass is 9.68. The lowest BCUT2D eigenvalue weighted by Crippen LogP contribution is -2.56. The molecular weight excluding hydrogens is 127 g/mol. The van der Waals surface area contributed by atoms with Gasteiger partial charge in [-0.15, -0.1) is 0 Å². The average Bonchev–Trinajstić information content (AvgIpc) is 1.95. The summed E-state index contributed by atoms with van der Waals surface area (Å²) in [5, 5.41) is 0. The van der Waals surface area contributed by atoms with Gasteiger partial charge < -0.3 is 9.31 Å². The van der Waals surface area contributed by atoms with Gasteiger partial charge in [0.05, 0.1) is 11.2 Å². The quantitative estimate of drug-likeness (QED) is 0.474. The van der Waals surface area contributed by atoms with Gasteiger partial charge in [-0.2, -0.15) is 0 Å². The first-order chi connectivity index (χ1) is 4.56. The Labute approximate surface area is 62.0 Å². The number of rotatable bonds is 0. The van der Waals surface area contributed by atoms with Gasteiger partial charge in [0.1, 0.15) is 0 Å². The number of hydrogen-bond acceptors (Lipinski definition) is 2. The maximum Gasteiger partial charge on any atom is 0.454 e. The van der Waals surface area contributed by atoms with E-state index in [1.807, 2.05) is 6.82 Å². The molecule has 2 rings (SSSR count). The lowest BCUT2D eigenvalue weighted by Gasteiger charge is -2.49. The molecule has 10 heavy (non-hydrogen) atoms. The summed E-state index contributed by atoms with van der Waals surface area (Å²) in [6.45, 7) is 6.24. The maximum atomic E-state index is 5.63. The molecule has 1 aliphatic heterocycles. The van der Waals surface area contributed by atoms with E-state index in [4.69, 9.17) is 9.31 Å². The first-order valence-corrected chi connectivity index (χ1v) is 3.91. The second-order valence-electron chi connectivity index (χ2n) is 3.77. The van der Waals surface area contributed by atoms with E-state index >= 15 is 0 Å². The van der Waals surface area contributed by atoms with E-state index in [1.165, 1.54) is 0 Å². The average molecular weight is 140 g/mol. The molecule has 1 heterocycles.